The Morgan fingerprint density at radius 1 is 1.27 bits per heavy atom. The molecule has 10 nitrogen and oxygen atoms in total. The molecule has 1 saturated heterocycles. The fraction of sp³-hybridized carbons (Fsp3) is 0.522. The predicted molar refractivity (Wildman–Crippen MR) is 122 cm³/mol. The monoisotopic (exact) mass is 454 g/mol. The predicted octanol–water partition coefficient (Wildman–Crippen LogP) is 1.83. The van der Waals surface area contributed by atoms with E-state index in [0.717, 1.165) is 16.5 Å². The van der Waals surface area contributed by atoms with E-state index in [1.54, 1.807) is 11.8 Å². The van der Waals surface area contributed by atoms with Gasteiger partial charge in [0, 0.05) is 31.3 Å². The minimum atomic E-state index is -0.450. The minimum Gasteiger partial charge on any atom is -0.466 e. The number of pyridine rings is 1. The minimum absolute atomic E-state index is 0.135. The molecular formula is C23H30N6O4. The number of tetrazole rings is 1. The summed E-state index contributed by atoms with van der Waals surface area (Å²) >= 11 is 0. The number of aromatic amines is 1. The SMILES string of the molecule is CCOC(=O)C1CCN([C@H](c2cc3ccc(C)cc3[nH]c2=O)c2nnnn2CCOC)CC1. The Hall–Kier alpha value is -3.11. The van der Waals surface area contributed by atoms with Crippen LogP contribution in [0.1, 0.15) is 42.8 Å². The topological polar surface area (TPSA) is 115 Å². The molecule has 1 fully saturated rings. The van der Waals surface area contributed by atoms with Crippen LogP contribution in [0.15, 0.2) is 29.1 Å². The molecule has 1 aliphatic heterocycles. The summed E-state index contributed by atoms with van der Waals surface area (Å²) in [6, 6.07) is 7.46. The molecule has 0 saturated carbocycles. The van der Waals surface area contributed by atoms with Crippen LogP contribution in [0.4, 0.5) is 0 Å². The van der Waals surface area contributed by atoms with Crippen molar-refractivity contribution in [2.75, 3.05) is 33.4 Å². The highest BCUT2D eigenvalue weighted by atomic mass is 16.5. The number of carbonyl (C=O) groups is 1. The van der Waals surface area contributed by atoms with Crippen LogP contribution < -0.4 is 5.56 Å². The molecule has 0 radical (unpaired) electrons. The highest BCUT2D eigenvalue weighted by Crippen LogP contribution is 2.31. The quantitative estimate of drug-likeness (QED) is 0.513. The number of aryl methyl sites for hydroxylation is 1. The highest BCUT2D eigenvalue weighted by Gasteiger charge is 2.35. The molecule has 0 unspecified atom stereocenters. The number of hydrogen-bond donors (Lipinski definition) is 1. The molecule has 1 aliphatic rings. The Kier molecular flexibility index (Phi) is 7.14. The zero-order valence-electron chi connectivity index (χ0n) is 19.3. The van der Waals surface area contributed by atoms with E-state index in [9.17, 15) is 9.59 Å². The number of ether oxygens (including phenoxy) is 2. The van der Waals surface area contributed by atoms with Crippen molar-refractivity contribution in [1.29, 1.82) is 0 Å². The number of carbonyl (C=O) groups excluding carboxylic acids is 1. The van der Waals surface area contributed by atoms with Gasteiger partial charge in [0.1, 0.15) is 6.04 Å². The van der Waals surface area contributed by atoms with Crippen LogP contribution in [0, 0.1) is 12.8 Å². The second-order valence-electron chi connectivity index (χ2n) is 8.36. The van der Waals surface area contributed by atoms with Crippen molar-refractivity contribution >= 4 is 16.9 Å². The van der Waals surface area contributed by atoms with E-state index in [1.807, 2.05) is 38.1 Å². The van der Waals surface area contributed by atoms with Crippen molar-refractivity contribution in [3.63, 3.8) is 0 Å². The maximum Gasteiger partial charge on any atom is 0.309 e. The van der Waals surface area contributed by atoms with Gasteiger partial charge in [0.05, 0.1) is 25.7 Å². The van der Waals surface area contributed by atoms with Gasteiger partial charge < -0.3 is 14.5 Å². The number of methoxy groups -OCH3 is 1. The molecule has 0 spiro atoms. The van der Waals surface area contributed by atoms with Crippen molar-refractivity contribution < 1.29 is 14.3 Å². The van der Waals surface area contributed by atoms with Gasteiger partial charge in [-0.15, -0.1) is 5.10 Å². The van der Waals surface area contributed by atoms with E-state index in [1.165, 1.54) is 0 Å². The lowest BCUT2D eigenvalue weighted by molar-refractivity contribution is -0.149. The molecule has 0 aliphatic carbocycles. The second-order valence-corrected chi connectivity index (χ2v) is 8.36. The maximum atomic E-state index is 13.2. The molecule has 4 rings (SSSR count). The van der Waals surface area contributed by atoms with E-state index in [-0.39, 0.29) is 17.4 Å². The van der Waals surface area contributed by atoms with Crippen molar-refractivity contribution in [2.24, 2.45) is 5.92 Å². The van der Waals surface area contributed by atoms with Crippen LogP contribution in [0.3, 0.4) is 0 Å². The van der Waals surface area contributed by atoms with Crippen LogP contribution in [-0.2, 0) is 20.8 Å². The van der Waals surface area contributed by atoms with Crippen LogP contribution >= 0.6 is 0 Å². The Labute approximate surface area is 191 Å². The first-order valence-corrected chi connectivity index (χ1v) is 11.3. The third-order valence-corrected chi connectivity index (χ3v) is 6.15. The molecule has 0 bridgehead atoms. The number of rotatable bonds is 8. The standard InChI is InChI=1S/C23H30N6O4/c1-4-33-23(31)16-7-9-28(10-8-16)20(21-25-26-27-29(21)11-12-32-3)18-14-17-6-5-15(2)13-19(17)24-22(18)30/h5-6,13-14,16,20H,4,7-12H2,1-3H3,(H,24,30)/t20-/m1/s1. The first kappa shape index (κ1) is 23.1. The van der Waals surface area contributed by atoms with Gasteiger partial charge in [-0.05, 0) is 60.2 Å². The average Bonchev–Trinajstić information content (AvgIpc) is 3.27. The number of likely N-dealkylation sites (tertiary alicyclic amines) is 1. The lowest BCUT2D eigenvalue weighted by atomic mass is 9.94. The summed E-state index contributed by atoms with van der Waals surface area (Å²) in [4.78, 5) is 30.7. The van der Waals surface area contributed by atoms with Gasteiger partial charge in [0.15, 0.2) is 5.82 Å². The number of nitrogens with zero attached hydrogens (tertiary/aromatic N) is 5. The number of aromatic nitrogens is 5. The third-order valence-electron chi connectivity index (χ3n) is 6.15. The Bertz CT molecular complexity index is 1170. The van der Waals surface area contributed by atoms with E-state index >= 15 is 0 Å². The number of piperidine rings is 1. The van der Waals surface area contributed by atoms with Crippen molar-refractivity contribution in [3.8, 4) is 0 Å². The van der Waals surface area contributed by atoms with E-state index in [2.05, 4.69) is 25.4 Å². The van der Waals surface area contributed by atoms with Gasteiger partial charge in [0.2, 0.25) is 0 Å². The molecule has 3 heterocycles. The van der Waals surface area contributed by atoms with Gasteiger partial charge >= 0.3 is 5.97 Å². The summed E-state index contributed by atoms with van der Waals surface area (Å²) < 4.78 is 12.1. The van der Waals surface area contributed by atoms with Crippen LogP contribution in [-0.4, -0.2) is 69.5 Å². The van der Waals surface area contributed by atoms with Crippen molar-refractivity contribution in [3.05, 3.63) is 51.6 Å². The zero-order valence-corrected chi connectivity index (χ0v) is 19.3. The van der Waals surface area contributed by atoms with E-state index in [4.69, 9.17) is 9.47 Å². The van der Waals surface area contributed by atoms with E-state index in [0.29, 0.717) is 57.1 Å². The normalized spacial score (nSPS) is 16.2. The van der Waals surface area contributed by atoms with Gasteiger partial charge in [-0.3, -0.25) is 14.5 Å². The fourth-order valence-electron chi connectivity index (χ4n) is 4.43. The lowest BCUT2D eigenvalue weighted by Crippen LogP contribution is -2.42. The summed E-state index contributed by atoms with van der Waals surface area (Å²) in [6.07, 6.45) is 1.30. The smallest absolute Gasteiger partial charge is 0.309 e. The molecule has 10 heteroatoms. The molecule has 2 aromatic heterocycles. The van der Waals surface area contributed by atoms with Crippen molar-refractivity contribution in [1.82, 2.24) is 30.1 Å². The van der Waals surface area contributed by atoms with Crippen LogP contribution in [0.2, 0.25) is 0 Å². The molecule has 176 valence electrons. The number of H-pyrrole nitrogens is 1. The Morgan fingerprint density at radius 3 is 2.79 bits per heavy atom. The third kappa shape index (κ3) is 4.96. The van der Waals surface area contributed by atoms with Gasteiger partial charge in [-0.25, -0.2) is 4.68 Å². The van der Waals surface area contributed by atoms with Gasteiger partial charge in [0.25, 0.3) is 5.56 Å². The molecule has 1 N–H and O–H groups in total. The largest absolute Gasteiger partial charge is 0.466 e. The lowest BCUT2D eigenvalue weighted by Gasteiger charge is -2.36. The first-order chi connectivity index (χ1) is 16.0. The average molecular weight is 455 g/mol. The first-order valence-electron chi connectivity index (χ1n) is 11.3. The molecule has 3 aromatic rings. The summed E-state index contributed by atoms with van der Waals surface area (Å²) in [5.41, 5.74) is 2.27. The Balaban J connectivity index is 1.72. The Morgan fingerprint density at radius 2 is 2.06 bits per heavy atom. The fourth-order valence-corrected chi connectivity index (χ4v) is 4.43. The summed E-state index contributed by atoms with van der Waals surface area (Å²) in [5, 5.41) is 13.3. The second kappa shape index (κ2) is 10.2. The number of esters is 1. The zero-order chi connectivity index (χ0) is 23.4. The number of fused-ring (bicyclic) bond motifs is 1. The maximum absolute atomic E-state index is 13.2. The molecule has 33 heavy (non-hydrogen) atoms. The van der Waals surface area contributed by atoms with Crippen LogP contribution in [0.5, 0.6) is 0 Å². The summed E-state index contributed by atoms with van der Waals surface area (Å²) in [6.45, 7) is 6.35. The highest BCUT2D eigenvalue weighted by molar-refractivity contribution is 5.79. The van der Waals surface area contributed by atoms with Gasteiger partial charge in [-0.1, -0.05) is 12.1 Å². The summed E-state index contributed by atoms with van der Waals surface area (Å²) in [5.74, 6) is 0.292. The number of nitrogens with one attached hydrogen (secondary N) is 1. The van der Waals surface area contributed by atoms with Crippen LogP contribution in [0.25, 0.3) is 10.9 Å². The van der Waals surface area contributed by atoms with Crippen molar-refractivity contribution in [2.45, 2.75) is 39.3 Å². The molecule has 0 amide bonds. The molecular weight excluding hydrogens is 424 g/mol. The molecule has 1 atom stereocenters. The number of hydrogen-bond acceptors (Lipinski definition) is 8. The van der Waals surface area contributed by atoms with Gasteiger partial charge in [-0.2, -0.15) is 0 Å². The summed E-state index contributed by atoms with van der Waals surface area (Å²) in [7, 11) is 1.62. The van der Waals surface area contributed by atoms with E-state index < -0.39 is 6.04 Å². The number of benzene rings is 1. The molecule has 1 aromatic carbocycles.